The number of aryl methyl sites for hydroxylation is 1. The second-order valence-corrected chi connectivity index (χ2v) is 6.07. The normalized spacial score (nSPS) is 14.0. The van der Waals surface area contributed by atoms with Gasteiger partial charge in [0, 0.05) is 12.0 Å². The first-order valence-electron chi connectivity index (χ1n) is 7.30. The minimum Gasteiger partial charge on any atom is -0.490 e. The zero-order valence-corrected chi connectivity index (χ0v) is 13.5. The molecule has 0 amide bonds. The number of nitriles is 1. The molecule has 0 fully saturated rings. The summed E-state index contributed by atoms with van der Waals surface area (Å²) in [4.78, 5) is 13.1. The van der Waals surface area contributed by atoms with Crippen LogP contribution in [0, 0.1) is 18.3 Å². The van der Waals surface area contributed by atoms with Gasteiger partial charge in [-0.1, -0.05) is 12.1 Å². The van der Waals surface area contributed by atoms with Gasteiger partial charge in [0.05, 0.1) is 18.1 Å². The van der Waals surface area contributed by atoms with E-state index in [0.717, 1.165) is 12.0 Å². The van der Waals surface area contributed by atoms with Crippen molar-refractivity contribution in [2.45, 2.75) is 13.3 Å². The van der Waals surface area contributed by atoms with Crippen molar-refractivity contribution in [2.75, 3.05) is 13.2 Å². The highest BCUT2D eigenvalue weighted by Gasteiger charge is 2.18. The summed E-state index contributed by atoms with van der Waals surface area (Å²) < 4.78 is 11.4. The molecule has 0 aliphatic carbocycles. The Morgan fingerprint density at radius 1 is 1.30 bits per heavy atom. The van der Waals surface area contributed by atoms with Crippen molar-refractivity contribution in [3.63, 3.8) is 0 Å². The Morgan fingerprint density at radius 3 is 2.87 bits per heavy atom. The first kappa shape index (κ1) is 15.3. The van der Waals surface area contributed by atoms with Crippen molar-refractivity contribution in [1.29, 1.82) is 5.26 Å². The van der Waals surface area contributed by atoms with E-state index in [9.17, 15) is 10.1 Å². The molecule has 0 radical (unpaired) electrons. The molecular weight excluding hydrogens is 310 g/mol. The Morgan fingerprint density at radius 2 is 2.13 bits per heavy atom. The number of carbonyl (C=O) groups is 1. The fourth-order valence-corrected chi connectivity index (χ4v) is 3.24. The van der Waals surface area contributed by atoms with Crippen molar-refractivity contribution < 1.29 is 14.3 Å². The van der Waals surface area contributed by atoms with Crippen LogP contribution in [0.25, 0.3) is 6.08 Å². The molecule has 0 N–H and O–H groups in total. The Balaban J connectivity index is 2.01. The molecular formula is C18H15NO3S. The molecule has 3 rings (SSSR count). The summed E-state index contributed by atoms with van der Waals surface area (Å²) in [6.45, 7) is 3.01. The maximum atomic E-state index is 12.5. The van der Waals surface area contributed by atoms with Gasteiger partial charge in [-0.15, -0.1) is 11.3 Å². The van der Waals surface area contributed by atoms with E-state index >= 15 is 0 Å². The average Bonchev–Trinajstić information content (AvgIpc) is 2.84. The summed E-state index contributed by atoms with van der Waals surface area (Å²) in [7, 11) is 0. The molecule has 1 aromatic heterocycles. The van der Waals surface area contributed by atoms with Gasteiger partial charge in [0.2, 0.25) is 5.78 Å². The standard InChI is InChI=1S/C18H15NO3S/c1-12-6-9-23-18(12)16(20)14(11-19)10-13-4-2-5-15-17(13)22-8-3-7-21-15/h2,4-6,9-10H,3,7-8H2,1H3. The van der Waals surface area contributed by atoms with Gasteiger partial charge < -0.3 is 9.47 Å². The van der Waals surface area contributed by atoms with E-state index in [0.29, 0.717) is 35.2 Å². The van der Waals surface area contributed by atoms with Crippen LogP contribution in [-0.4, -0.2) is 19.0 Å². The van der Waals surface area contributed by atoms with Crippen LogP contribution >= 0.6 is 11.3 Å². The second kappa shape index (κ2) is 6.67. The molecule has 2 aromatic rings. The average molecular weight is 325 g/mol. The van der Waals surface area contributed by atoms with Gasteiger partial charge in [-0.25, -0.2) is 0 Å². The largest absolute Gasteiger partial charge is 0.490 e. The Bertz CT molecular complexity index is 814. The first-order chi connectivity index (χ1) is 11.2. The third-order valence-electron chi connectivity index (χ3n) is 3.54. The van der Waals surface area contributed by atoms with E-state index < -0.39 is 0 Å². The quantitative estimate of drug-likeness (QED) is 0.486. The first-order valence-corrected chi connectivity index (χ1v) is 8.18. The van der Waals surface area contributed by atoms with Crippen LogP contribution < -0.4 is 9.47 Å². The van der Waals surface area contributed by atoms with Gasteiger partial charge in [0.1, 0.15) is 11.6 Å². The highest BCUT2D eigenvalue weighted by atomic mass is 32.1. The molecule has 0 saturated carbocycles. The molecule has 23 heavy (non-hydrogen) atoms. The number of hydrogen-bond acceptors (Lipinski definition) is 5. The van der Waals surface area contributed by atoms with Crippen molar-refractivity contribution in [3.05, 3.63) is 51.2 Å². The number of nitrogens with zero attached hydrogens (tertiary/aromatic N) is 1. The van der Waals surface area contributed by atoms with Crippen LogP contribution in [0.4, 0.5) is 0 Å². The predicted molar refractivity (Wildman–Crippen MR) is 89.0 cm³/mol. The number of carbonyl (C=O) groups excluding carboxylic acids is 1. The lowest BCUT2D eigenvalue weighted by molar-refractivity contribution is 0.104. The van der Waals surface area contributed by atoms with Crippen LogP contribution in [0.5, 0.6) is 11.5 Å². The number of ether oxygens (including phenoxy) is 2. The van der Waals surface area contributed by atoms with Crippen molar-refractivity contribution in [3.8, 4) is 17.6 Å². The van der Waals surface area contributed by atoms with Gasteiger partial charge in [-0.3, -0.25) is 4.79 Å². The number of thiophene rings is 1. The van der Waals surface area contributed by atoms with Crippen LogP contribution in [0.15, 0.2) is 35.2 Å². The topological polar surface area (TPSA) is 59.3 Å². The van der Waals surface area contributed by atoms with E-state index in [1.54, 1.807) is 6.08 Å². The number of rotatable bonds is 3. The molecule has 1 aliphatic heterocycles. The van der Waals surface area contributed by atoms with E-state index in [2.05, 4.69) is 0 Å². The lowest BCUT2D eigenvalue weighted by Crippen LogP contribution is -2.02. The maximum absolute atomic E-state index is 12.5. The van der Waals surface area contributed by atoms with Crippen LogP contribution in [-0.2, 0) is 0 Å². The number of allylic oxidation sites excluding steroid dienone is 1. The van der Waals surface area contributed by atoms with Crippen molar-refractivity contribution >= 4 is 23.2 Å². The zero-order chi connectivity index (χ0) is 16.2. The van der Waals surface area contributed by atoms with E-state index in [1.165, 1.54) is 11.3 Å². The molecule has 4 nitrogen and oxygen atoms in total. The van der Waals surface area contributed by atoms with Crippen LogP contribution in [0.3, 0.4) is 0 Å². The molecule has 5 heteroatoms. The van der Waals surface area contributed by atoms with Crippen LogP contribution in [0.1, 0.15) is 27.2 Å². The minimum absolute atomic E-state index is 0.0943. The highest BCUT2D eigenvalue weighted by molar-refractivity contribution is 7.12. The maximum Gasteiger partial charge on any atom is 0.213 e. The van der Waals surface area contributed by atoms with Crippen LogP contribution in [0.2, 0.25) is 0 Å². The molecule has 1 aliphatic rings. The molecule has 0 unspecified atom stereocenters. The molecule has 0 bridgehead atoms. The van der Waals surface area contributed by atoms with E-state index in [4.69, 9.17) is 9.47 Å². The third-order valence-corrected chi connectivity index (χ3v) is 4.55. The molecule has 1 aromatic carbocycles. The summed E-state index contributed by atoms with van der Waals surface area (Å²) in [6.07, 6.45) is 2.38. The summed E-state index contributed by atoms with van der Waals surface area (Å²) in [5.74, 6) is 0.980. The van der Waals surface area contributed by atoms with Gasteiger partial charge in [-0.05, 0) is 36.1 Å². The number of ketones is 1. The highest BCUT2D eigenvalue weighted by Crippen LogP contribution is 2.35. The van der Waals surface area contributed by atoms with E-state index in [1.807, 2.05) is 42.6 Å². The number of Topliss-reactive ketones (excluding diaryl/α,β-unsaturated/α-hetero) is 1. The smallest absolute Gasteiger partial charge is 0.213 e. The Labute approximate surface area is 138 Å². The van der Waals surface area contributed by atoms with Crippen molar-refractivity contribution in [2.24, 2.45) is 0 Å². The summed E-state index contributed by atoms with van der Waals surface area (Å²) >= 11 is 1.35. The SMILES string of the molecule is Cc1ccsc1C(=O)C(C#N)=Cc1cccc2c1OCCCO2. The summed E-state index contributed by atoms with van der Waals surface area (Å²) in [5, 5.41) is 11.3. The lowest BCUT2D eigenvalue weighted by Gasteiger charge is -2.10. The monoisotopic (exact) mass is 325 g/mol. The number of hydrogen-bond donors (Lipinski definition) is 0. The van der Waals surface area contributed by atoms with Gasteiger partial charge in [0.15, 0.2) is 11.5 Å². The molecule has 2 heterocycles. The minimum atomic E-state index is -0.257. The Kier molecular flexibility index (Phi) is 4.45. The number of para-hydroxylation sites is 1. The Hall–Kier alpha value is -2.58. The lowest BCUT2D eigenvalue weighted by atomic mass is 10.0. The van der Waals surface area contributed by atoms with Gasteiger partial charge in [-0.2, -0.15) is 5.26 Å². The molecule has 0 spiro atoms. The fourth-order valence-electron chi connectivity index (χ4n) is 2.36. The molecule has 0 saturated heterocycles. The predicted octanol–water partition coefficient (Wildman–Crippen LogP) is 4.01. The summed E-state index contributed by atoms with van der Waals surface area (Å²) in [6, 6.07) is 9.36. The fraction of sp³-hybridized carbons (Fsp3) is 0.222. The van der Waals surface area contributed by atoms with Crippen molar-refractivity contribution in [1.82, 2.24) is 0 Å². The zero-order valence-electron chi connectivity index (χ0n) is 12.7. The van der Waals surface area contributed by atoms with Gasteiger partial charge in [0.25, 0.3) is 0 Å². The number of benzene rings is 1. The number of fused-ring (bicyclic) bond motifs is 1. The van der Waals surface area contributed by atoms with Gasteiger partial charge >= 0.3 is 0 Å². The second-order valence-electron chi connectivity index (χ2n) is 5.16. The summed E-state index contributed by atoms with van der Waals surface area (Å²) in [5.41, 5.74) is 1.66. The third kappa shape index (κ3) is 3.13. The molecule has 0 atom stereocenters. The molecule has 116 valence electrons. The van der Waals surface area contributed by atoms with E-state index in [-0.39, 0.29) is 11.4 Å².